The standard InChI is InChI=1S/C13H15NO3S/c1-9(15)10-2-4-11(5-3-10)14-13(16)17-12-6-7-18-8-12/h2-5,12H,6-8H2,1H3,(H,14,16)/t12-/m1/s1. The van der Waals surface area contributed by atoms with Crippen molar-refractivity contribution in [3.63, 3.8) is 0 Å². The molecule has 4 nitrogen and oxygen atoms in total. The van der Waals surface area contributed by atoms with Crippen LogP contribution >= 0.6 is 11.8 Å². The van der Waals surface area contributed by atoms with Crippen molar-refractivity contribution >= 4 is 29.3 Å². The van der Waals surface area contributed by atoms with Crippen LogP contribution in [0.4, 0.5) is 10.5 Å². The van der Waals surface area contributed by atoms with Gasteiger partial charge in [-0.25, -0.2) is 4.79 Å². The van der Waals surface area contributed by atoms with E-state index in [1.807, 2.05) is 0 Å². The molecular formula is C13H15NO3S. The third kappa shape index (κ3) is 3.50. The first-order valence-electron chi connectivity index (χ1n) is 5.81. The molecule has 18 heavy (non-hydrogen) atoms. The van der Waals surface area contributed by atoms with Crippen molar-refractivity contribution in [1.82, 2.24) is 0 Å². The molecule has 1 fully saturated rings. The molecular weight excluding hydrogens is 250 g/mol. The van der Waals surface area contributed by atoms with Crippen LogP contribution in [0.15, 0.2) is 24.3 Å². The molecule has 1 aliphatic heterocycles. The monoisotopic (exact) mass is 265 g/mol. The van der Waals surface area contributed by atoms with Crippen molar-refractivity contribution < 1.29 is 14.3 Å². The van der Waals surface area contributed by atoms with Crippen LogP contribution in [0.25, 0.3) is 0 Å². The lowest BCUT2D eigenvalue weighted by Gasteiger charge is -2.11. The van der Waals surface area contributed by atoms with E-state index in [-0.39, 0.29) is 11.9 Å². The number of anilines is 1. The van der Waals surface area contributed by atoms with Gasteiger partial charge in [0.2, 0.25) is 0 Å². The minimum Gasteiger partial charge on any atom is -0.445 e. The molecule has 0 spiro atoms. The molecule has 2 rings (SSSR count). The Labute approximate surface area is 110 Å². The van der Waals surface area contributed by atoms with E-state index in [0.29, 0.717) is 11.3 Å². The van der Waals surface area contributed by atoms with Crippen LogP contribution < -0.4 is 5.32 Å². The van der Waals surface area contributed by atoms with Gasteiger partial charge in [-0.2, -0.15) is 11.8 Å². The topological polar surface area (TPSA) is 55.4 Å². The van der Waals surface area contributed by atoms with Gasteiger partial charge in [0.1, 0.15) is 6.10 Å². The molecule has 0 aliphatic carbocycles. The Kier molecular flexibility index (Phi) is 4.25. The largest absolute Gasteiger partial charge is 0.445 e. The average molecular weight is 265 g/mol. The normalized spacial score (nSPS) is 18.4. The maximum Gasteiger partial charge on any atom is 0.411 e. The summed E-state index contributed by atoms with van der Waals surface area (Å²) in [6.07, 6.45) is 0.506. The number of nitrogens with one attached hydrogen (secondary N) is 1. The molecule has 1 atom stereocenters. The molecule has 1 saturated heterocycles. The predicted molar refractivity (Wildman–Crippen MR) is 72.3 cm³/mol. The van der Waals surface area contributed by atoms with Crippen molar-refractivity contribution in [1.29, 1.82) is 0 Å². The van der Waals surface area contributed by atoms with Crippen molar-refractivity contribution in [2.45, 2.75) is 19.4 Å². The molecule has 1 heterocycles. The summed E-state index contributed by atoms with van der Waals surface area (Å²) < 4.78 is 5.26. The van der Waals surface area contributed by atoms with Crippen molar-refractivity contribution in [3.05, 3.63) is 29.8 Å². The Balaban J connectivity index is 1.88. The van der Waals surface area contributed by atoms with Crippen LogP contribution in [-0.4, -0.2) is 29.5 Å². The first kappa shape index (κ1) is 13.0. The Hall–Kier alpha value is -1.49. The number of amides is 1. The molecule has 0 bridgehead atoms. The summed E-state index contributed by atoms with van der Waals surface area (Å²) in [5, 5.41) is 2.65. The minimum absolute atomic E-state index is 0.00658. The van der Waals surface area contributed by atoms with Crippen molar-refractivity contribution in [2.24, 2.45) is 0 Å². The molecule has 0 saturated carbocycles. The third-order valence-corrected chi connectivity index (χ3v) is 3.83. The molecule has 0 unspecified atom stereocenters. The highest BCUT2D eigenvalue weighted by molar-refractivity contribution is 7.99. The fraction of sp³-hybridized carbons (Fsp3) is 0.385. The van der Waals surface area contributed by atoms with Crippen molar-refractivity contribution in [2.75, 3.05) is 16.8 Å². The summed E-state index contributed by atoms with van der Waals surface area (Å²) in [4.78, 5) is 22.7. The number of benzene rings is 1. The smallest absolute Gasteiger partial charge is 0.411 e. The number of thioether (sulfide) groups is 1. The van der Waals surface area contributed by atoms with Gasteiger partial charge in [-0.05, 0) is 43.4 Å². The number of ether oxygens (including phenoxy) is 1. The van der Waals surface area contributed by atoms with Gasteiger partial charge >= 0.3 is 6.09 Å². The highest BCUT2D eigenvalue weighted by atomic mass is 32.2. The lowest BCUT2D eigenvalue weighted by molar-refractivity contribution is 0.101. The minimum atomic E-state index is -0.432. The lowest BCUT2D eigenvalue weighted by Crippen LogP contribution is -2.22. The number of rotatable bonds is 3. The SMILES string of the molecule is CC(=O)c1ccc(NC(=O)O[C@@H]2CCSC2)cc1. The van der Waals surface area contributed by atoms with Crippen LogP contribution in [-0.2, 0) is 4.74 Å². The van der Waals surface area contributed by atoms with Gasteiger partial charge in [0.25, 0.3) is 0 Å². The molecule has 1 aliphatic rings. The number of hydrogen-bond acceptors (Lipinski definition) is 4. The molecule has 1 N–H and O–H groups in total. The predicted octanol–water partition coefficient (Wildman–Crippen LogP) is 2.94. The van der Waals surface area contributed by atoms with Gasteiger partial charge in [0, 0.05) is 17.0 Å². The molecule has 5 heteroatoms. The van der Waals surface area contributed by atoms with E-state index in [2.05, 4.69) is 5.32 Å². The Bertz CT molecular complexity index is 438. The fourth-order valence-corrected chi connectivity index (χ4v) is 2.79. The highest BCUT2D eigenvalue weighted by Crippen LogP contribution is 2.20. The number of carbonyl (C=O) groups excluding carboxylic acids is 2. The van der Waals surface area contributed by atoms with Gasteiger partial charge in [-0.3, -0.25) is 10.1 Å². The van der Waals surface area contributed by atoms with E-state index in [9.17, 15) is 9.59 Å². The first-order chi connectivity index (χ1) is 8.65. The van der Waals surface area contributed by atoms with E-state index in [1.54, 1.807) is 36.0 Å². The number of carbonyl (C=O) groups is 2. The van der Waals surface area contributed by atoms with Gasteiger partial charge in [0.05, 0.1) is 0 Å². The quantitative estimate of drug-likeness (QED) is 0.854. The van der Waals surface area contributed by atoms with Crippen LogP contribution in [0.3, 0.4) is 0 Å². The summed E-state index contributed by atoms with van der Waals surface area (Å²) in [5.41, 5.74) is 1.26. The third-order valence-electron chi connectivity index (χ3n) is 2.70. The molecule has 0 aromatic heterocycles. The lowest BCUT2D eigenvalue weighted by atomic mass is 10.1. The van der Waals surface area contributed by atoms with Crippen LogP contribution in [0.5, 0.6) is 0 Å². The van der Waals surface area contributed by atoms with E-state index in [1.165, 1.54) is 6.92 Å². The van der Waals surface area contributed by atoms with E-state index in [0.717, 1.165) is 17.9 Å². The highest BCUT2D eigenvalue weighted by Gasteiger charge is 2.19. The second-order valence-corrected chi connectivity index (χ2v) is 5.30. The Morgan fingerprint density at radius 1 is 1.33 bits per heavy atom. The summed E-state index contributed by atoms with van der Waals surface area (Å²) in [5.74, 6) is 1.93. The Morgan fingerprint density at radius 2 is 2.06 bits per heavy atom. The van der Waals surface area contributed by atoms with Crippen molar-refractivity contribution in [3.8, 4) is 0 Å². The summed E-state index contributed by atoms with van der Waals surface area (Å²) >= 11 is 1.79. The zero-order chi connectivity index (χ0) is 13.0. The maximum absolute atomic E-state index is 11.6. The molecule has 1 aromatic carbocycles. The van der Waals surface area contributed by atoms with E-state index in [4.69, 9.17) is 4.74 Å². The van der Waals surface area contributed by atoms with Crippen LogP contribution in [0.2, 0.25) is 0 Å². The molecule has 0 radical (unpaired) electrons. The molecule has 96 valence electrons. The zero-order valence-electron chi connectivity index (χ0n) is 10.1. The second kappa shape index (κ2) is 5.91. The molecule has 1 aromatic rings. The zero-order valence-corrected chi connectivity index (χ0v) is 11.0. The number of ketones is 1. The number of hydrogen-bond donors (Lipinski definition) is 1. The van der Waals surface area contributed by atoms with Gasteiger partial charge in [-0.15, -0.1) is 0 Å². The fourth-order valence-electron chi connectivity index (χ4n) is 1.69. The number of Topliss-reactive ketones (excluding diaryl/α,β-unsaturated/α-hetero) is 1. The van der Waals surface area contributed by atoms with Crippen LogP contribution in [0.1, 0.15) is 23.7 Å². The average Bonchev–Trinajstić information content (AvgIpc) is 2.82. The second-order valence-electron chi connectivity index (χ2n) is 4.15. The maximum atomic E-state index is 11.6. The summed E-state index contributed by atoms with van der Waals surface area (Å²) in [7, 11) is 0. The first-order valence-corrected chi connectivity index (χ1v) is 6.97. The molecule has 1 amide bonds. The summed E-state index contributed by atoms with van der Waals surface area (Å²) in [6, 6.07) is 6.76. The van der Waals surface area contributed by atoms with Gasteiger partial charge in [0.15, 0.2) is 5.78 Å². The van der Waals surface area contributed by atoms with Gasteiger partial charge in [-0.1, -0.05) is 0 Å². The van der Waals surface area contributed by atoms with E-state index < -0.39 is 6.09 Å². The van der Waals surface area contributed by atoms with Gasteiger partial charge < -0.3 is 4.74 Å². The van der Waals surface area contributed by atoms with E-state index >= 15 is 0 Å². The van der Waals surface area contributed by atoms with Crippen LogP contribution in [0, 0.1) is 0 Å². The Morgan fingerprint density at radius 3 is 2.61 bits per heavy atom. The summed E-state index contributed by atoms with van der Waals surface area (Å²) in [6.45, 7) is 1.51.